The zero-order valence-electron chi connectivity index (χ0n) is 17.3. The fourth-order valence-electron chi connectivity index (χ4n) is 3.51. The Labute approximate surface area is 194 Å². The standard InChI is InChI=1S/C18H19N7O6S2/c1-2-24-15(29)13(27)21-22-18(24)33-8-9-7-32-16-11(14(28)25(16)12(9)17(30)31)20-10(26)6-23-5-3-4-19-23/h3-5,11,16H,2,6-8H2,1H3,(H,20,26)(H,21,27)(H,30,31)/t11-,16+/m1/s1. The SMILES string of the molecule is CCn1c(SCC2=C(C(=O)O)N3C(=O)[C@@H](NC(=O)Cn4cccn4)[C@@H]3SC2)n[nH]c(=O)c1=O. The third-order valence-corrected chi connectivity index (χ3v) is 7.45. The summed E-state index contributed by atoms with van der Waals surface area (Å²) in [5, 5.41) is 22.1. The summed E-state index contributed by atoms with van der Waals surface area (Å²) < 4.78 is 2.62. The van der Waals surface area contributed by atoms with E-state index in [9.17, 15) is 29.1 Å². The van der Waals surface area contributed by atoms with E-state index in [0.29, 0.717) is 11.3 Å². The van der Waals surface area contributed by atoms with E-state index in [1.165, 1.54) is 32.1 Å². The van der Waals surface area contributed by atoms with Crippen LogP contribution in [0.1, 0.15) is 6.92 Å². The highest BCUT2D eigenvalue weighted by atomic mass is 32.2. The first-order valence-corrected chi connectivity index (χ1v) is 11.8. The first-order chi connectivity index (χ1) is 15.8. The van der Waals surface area contributed by atoms with E-state index in [2.05, 4.69) is 20.6 Å². The van der Waals surface area contributed by atoms with Crippen molar-refractivity contribution in [1.82, 2.24) is 34.8 Å². The summed E-state index contributed by atoms with van der Waals surface area (Å²) in [6, 6.07) is 0.847. The summed E-state index contributed by atoms with van der Waals surface area (Å²) in [7, 11) is 0. The molecule has 0 aromatic carbocycles. The van der Waals surface area contributed by atoms with Gasteiger partial charge >= 0.3 is 17.1 Å². The van der Waals surface area contributed by atoms with Crippen molar-refractivity contribution in [3.63, 3.8) is 0 Å². The van der Waals surface area contributed by atoms with Crippen molar-refractivity contribution >= 4 is 41.3 Å². The summed E-state index contributed by atoms with van der Waals surface area (Å²) in [6.45, 7) is 1.86. The summed E-state index contributed by atoms with van der Waals surface area (Å²) in [5.41, 5.74) is -1.24. The Kier molecular flexibility index (Phi) is 6.42. The van der Waals surface area contributed by atoms with Crippen LogP contribution in [0.15, 0.2) is 44.5 Å². The Hall–Kier alpha value is -3.33. The topological polar surface area (TPSA) is 172 Å². The van der Waals surface area contributed by atoms with Gasteiger partial charge < -0.3 is 10.4 Å². The molecule has 0 unspecified atom stereocenters. The molecule has 2 aromatic rings. The second kappa shape index (κ2) is 9.27. The number of aromatic nitrogens is 5. The minimum Gasteiger partial charge on any atom is -0.477 e. The average Bonchev–Trinajstić information content (AvgIpc) is 3.30. The Morgan fingerprint density at radius 1 is 1.36 bits per heavy atom. The number of carboxylic acids is 1. The highest BCUT2D eigenvalue weighted by Gasteiger charge is 2.54. The molecule has 2 amide bonds. The quantitative estimate of drug-likeness (QED) is 0.227. The molecule has 3 N–H and O–H groups in total. The Morgan fingerprint density at radius 3 is 2.82 bits per heavy atom. The number of carboxylic acid groups (broad SMARTS) is 1. The summed E-state index contributed by atoms with van der Waals surface area (Å²) in [5.74, 6) is -1.70. The predicted octanol–water partition coefficient (Wildman–Crippen LogP) is -1.32. The zero-order valence-corrected chi connectivity index (χ0v) is 18.9. The number of amides is 2. The van der Waals surface area contributed by atoms with Gasteiger partial charge in [0, 0.05) is 30.4 Å². The first kappa shape index (κ1) is 22.8. The molecule has 1 saturated heterocycles. The van der Waals surface area contributed by atoms with Gasteiger partial charge in [0.1, 0.15) is 23.7 Å². The number of aliphatic carboxylic acids is 1. The van der Waals surface area contributed by atoms with E-state index in [-0.39, 0.29) is 29.7 Å². The number of hydrogen-bond acceptors (Lipinski definition) is 9. The van der Waals surface area contributed by atoms with E-state index in [0.717, 1.165) is 11.8 Å². The van der Waals surface area contributed by atoms with Crippen LogP contribution in [0.5, 0.6) is 0 Å². The number of H-pyrrole nitrogens is 1. The van der Waals surface area contributed by atoms with E-state index < -0.39 is 40.3 Å². The van der Waals surface area contributed by atoms with Crippen LogP contribution in [-0.2, 0) is 27.5 Å². The van der Waals surface area contributed by atoms with Crippen LogP contribution in [0.2, 0.25) is 0 Å². The molecule has 2 aliphatic heterocycles. The molecule has 33 heavy (non-hydrogen) atoms. The molecular formula is C18H19N7O6S2. The van der Waals surface area contributed by atoms with Gasteiger partial charge in [-0.25, -0.2) is 9.89 Å². The number of rotatable bonds is 8. The number of aromatic amines is 1. The van der Waals surface area contributed by atoms with Crippen LogP contribution < -0.4 is 16.4 Å². The van der Waals surface area contributed by atoms with Gasteiger partial charge in [0.2, 0.25) is 5.91 Å². The first-order valence-electron chi connectivity index (χ1n) is 9.81. The lowest BCUT2D eigenvalue weighted by atomic mass is 10.0. The molecular weight excluding hydrogens is 474 g/mol. The molecule has 0 spiro atoms. The Bertz CT molecular complexity index is 1250. The molecule has 2 aromatic heterocycles. The van der Waals surface area contributed by atoms with E-state index in [1.54, 1.807) is 19.2 Å². The molecule has 0 bridgehead atoms. The summed E-state index contributed by atoms with van der Waals surface area (Å²) >= 11 is 2.44. The smallest absolute Gasteiger partial charge is 0.352 e. The predicted molar refractivity (Wildman–Crippen MR) is 117 cm³/mol. The normalized spacial score (nSPS) is 19.8. The fraction of sp³-hybridized carbons (Fsp3) is 0.389. The molecule has 174 valence electrons. The van der Waals surface area contributed by atoms with Crippen molar-refractivity contribution in [2.24, 2.45) is 0 Å². The number of nitrogens with one attached hydrogen (secondary N) is 2. The van der Waals surface area contributed by atoms with E-state index >= 15 is 0 Å². The van der Waals surface area contributed by atoms with Crippen molar-refractivity contribution < 1.29 is 19.5 Å². The third-order valence-electron chi connectivity index (χ3n) is 5.05. The maximum Gasteiger partial charge on any atom is 0.352 e. The van der Waals surface area contributed by atoms with Crippen molar-refractivity contribution in [2.45, 2.75) is 36.6 Å². The Morgan fingerprint density at radius 2 is 2.15 bits per heavy atom. The van der Waals surface area contributed by atoms with Crippen molar-refractivity contribution in [3.05, 3.63) is 50.4 Å². The van der Waals surface area contributed by atoms with Crippen LogP contribution in [0, 0.1) is 0 Å². The number of hydrogen-bond donors (Lipinski definition) is 3. The molecule has 0 saturated carbocycles. The second-order valence-corrected chi connectivity index (χ2v) is 9.14. The lowest BCUT2D eigenvalue weighted by Crippen LogP contribution is -2.70. The maximum atomic E-state index is 12.7. The molecule has 2 atom stereocenters. The summed E-state index contributed by atoms with van der Waals surface area (Å²) in [4.78, 5) is 61.6. The monoisotopic (exact) mass is 493 g/mol. The largest absolute Gasteiger partial charge is 0.477 e. The molecule has 0 radical (unpaired) electrons. The van der Waals surface area contributed by atoms with Gasteiger partial charge in [-0.15, -0.1) is 16.9 Å². The van der Waals surface area contributed by atoms with Crippen molar-refractivity contribution in [1.29, 1.82) is 0 Å². The minimum absolute atomic E-state index is 0.0526. The van der Waals surface area contributed by atoms with Gasteiger partial charge in [-0.1, -0.05) is 11.8 Å². The van der Waals surface area contributed by atoms with Crippen LogP contribution in [0.25, 0.3) is 0 Å². The molecule has 4 heterocycles. The Balaban J connectivity index is 1.49. The van der Waals surface area contributed by atoms with Gasteiger partial charge in [0.05, 0.1) is 0 Å². The van der Waals surface area contributed by atoms with E-state index in [1.807, 2.05) is 0 Å². The zero-order chi connectivity index (χ0) is 23.7. The van der Waals surface area contributed by atoms with Crippen LogP contribution in [-0.4, -0.2) is 75.3 Å². The lowest BCUT2D eigenvalue weighted by molar-refractivity contribution is -0.150. The molecule has 13 nitrogen and oxygen atoms in total. The number of carbonyl (C=O) groups is 3. The highest BCUT2D eigenvalue weighted by Crippen LogP contribution is 2.41. The number of nitrogens with zero attached hydrogens (tertiary/aromatic N) is 5. The molecule has 2 aliphatic rings. The number of fused-ring (bicyclic) bond motifs is 1. The number of carbonyl (C=O) groups excluding carboxylic acids is 2. The fourth-order valence-corrected chi connectivity index (χ4v) is 6.01. The molecule has 0 aliphatic carbocycles. The molecule has 1 fully saturated rings. The number of β-lactam (4-membered cyclic amide) rings is 1. The number of thioether (sulfide) groups is 2. The lowest BCUT2D eigenvalue weighted by Gasteiger charge is -2.49. The molecule has 15 heteroatoms. The van der Waals surface area contributed by atoms with Gasteiger partial charge in [-0.3, -0.25) is 33.3 Å². The van der Waals surface area contributed by atoms with Crippen LogP contribution in [0.3, 0.4) is 0 Å². The van der Waals surface area contributed by atoms with E-state index in [4.69, 9.17) is 0 Å². The van der Waals surface area contributed by atoms with Gasteiger partial charge in [0.15, 0.2) is 5.16 Å². The van der Waals surface area contributed by atoms with Crippen molar-refractivity contribution in [3.8, 4) is 0 Å². The third kappa shape index (κ3) is 4.32. The minimum atomic E-state index is -1.26. The van der Waals surface area contributed by atoms with Gasteiger partial charge in [-0.05, 0) is 18.6 Å². The van der Waals surface area contributed by atoms with Crippen LogP contribution in [0.4, 0.5) is 0 Å². The highest BCUT2D eigenvalue weighted by molar-refractivity contribution is 8.01. The van der Waals surface area contributed by atoms with Crippen LogP contribution >= 0.6 is 23.5 Å². The average molecular weight is 494 g/mol. The molecule has 4 rings (SSSR count). The van der Waals surface area contributed by atoms with Crippen molar-refractivity contribution in [2.75, 3.05) is 11.5 Å². The maximum absolute atomic E-state index is 12.7. The summed E-state index contributed by atoms with van der Waals surface area (Å²) in [6.07, 6.45) is 3.15. The van der Waals surface area contributed by atoms with Gasteiger partial charge in [0.25, 0.3) is 5.91 Å². The van der Waals surface area contributed by atoms with Gasteiger partial charge in [-0.2, -0.15) is 5.10 Å². The second-order valence-electron chi connectivity index (χ2n) is 7.09.